The number of rotatable bonds is 5. The summed E-state index contributed by atoms with van der Waals surface area (Å²) in [6.45, 7) is 2.06. The lowest BCUT2D eigenvalue weighted by Gasteiger charge is -2.11. The Kier molecular flexibility index (Phi) is 3.22. The van der Waals surface area contributed by atoms with Crippen molar-refractivity contribution in [2.45, 2.75) is 26.2 Å². The number of hydrogen-bond donors (Lipinski definition) is 0. The van der Waals surface area contributed by atoms with Crippen molar-refractivity contribution in [2.75, 3.05) is 6.61 Å². The van der Waals surface area contributed by atoms with Gasteiger partial charge in [0.05, 0.1) is 6.61 Å². The van der Waals surface area contributed by atoms with E-state index >= 15 is 0 Å². The van der Waals surface area contributed by atoms with Gasteiger partial charge in [-0.2, -0.15) is 0 Å². The molecule has 1 fully saturated rings. The summed E-state index contributed by atoms with van der Waals surface area (Å²) in [5.74, 6) is 0.468. The molecule has 2 nitrogen and oxygen atoms in total. The van der Waals surface area contributed by atoms with Crippen LogP contribution in [0.4, 0.5) is 4.39 Å². The van der Waals surface area contributed by atoms with Crippen LogP contribution in [0, 0.1) is 11.7 Å². The first-order valence-corrected chi connectivity index (χ1v) is 5.56. The largest absolute Gasteiger partial charge is 0.490 e. The number of carbonyl (C=O) groups is 1. The molecule has 1 aromatic carbocycles. The first kappa shape index (κ1) is 11.1. The number of halogens is 1. The zero-order chi connectivity index (χ0) is 11.5. The Bertz CT molecular complexity index is 397. The molecule has 0 aliphatic heterocycles. The van der Waals surface area contributed by atoms with Gasteiger partial charge in [0.25, 0.3) is 0 Å². The third-order valence-corrected chi connectivity index (χ3v) is 2.65. The van der Waals surface area contributed by atoms with Gasteiger partial charge in [0.15, 0.2) is 11.6 Å². The summed E-state index contributed by atoms with van der Waals surface area (Å²) in [6, 6.07) is 4.72. The number of hydrogen-bond acceptors (Lipinski definition) is 2. The topological polar surface area (TPSA) is 26.3 Å². The highest BCUT2D eigenvalue weighted by atomic mass is 19.1. The van der Waals surface area contributed by atoms with Crippen LogP contribution in [-0.2, 0) is 11.2 Å². The number of ketones is 1. The molecule has 1 aliphatic carbocycles. The average Bonchev–Trinajstić information content (AvgIpc) is 2.99. The Morgan fingerprint density at radius 1 is 1.50 bits per heavy atom. The predicted molar refractivity (Wildman–Crippen MR) is 59.0 cm³/mol. The van der Waals surface area contributed by atoms with Crippen LogP contribution in [0.1, 0.15) is 25.3 Å². The fourth-order valence-corrected chi connectivity index (χ4v) is 1.61. The van der Waals surface area contributed by atoms with E-state index in [-0.39, 0.29) is 23.8 Å². The molecule has 0 atom stereocenters. The van der Waals surface area contributed by atoms with Gasteiger partial charge in [0, 0.05) is 12.0 Å². The molecule has 0 N–H and O–H groups in total. The Morgan fingerprint density at radius 2 is 2.25 bits per heavy atom. The van der Waals surface area contributed by atoms with Gasteiger partial charge in [-0.15, -0.1) is 0 Å². The lowest BCUT2D eigenvalue weighted by molar-refractivity contribution is -0.116. The standard InChI is InChI=1S/C13H15FO2/c1-9(15)7-11-3-2-4-12(14)13(11)16-8-10-5-6-10/h2-4,10H,5-8H2,1H3. The van der Waals surface area contributed by atoms with E-state index in [0.29, 0.717) is 18.1 Å². The van der Waals surface area contributed by atoms with Crippen LogP contribution in [-0.4, -0.2) is 12.4 Å². The molecule has 1 saturated carbocycles. The number of ether oxygens (including phenoxy) is 1. The van der Waals surface area contributed by atoms with Crippen molar-refractivity contribution < 1.29 is 13.9 Å². The summed E-state index contributed by atoms with van der Waals surface area (Å²) in [4.78, 5) is 11.0. The third-order valence-electron chi connectivity index (χ3n) is 2.65. The fraction of sp³-hybridized carbons (Fsp3) is 0.462. The molecule has 1 aromatic rings. The summed E-state index contributed by atoms with van der Waals surface area (Å²) in [5.41, 5.74) is 0.646. The van der Waals surface area contributed by atoms with Gasteiger partial charge >= 0.3 is 0 Å². The molecule has 86 valence electrons. The molecule has 0 spiro atoms. The van der Waals surface area contributed by atoms with E-state index < -0.39 is 0 Å². The third kappa shape index (κ3) is 2.81. The molecule has 16 heavy (non-hydrogen) atoms. The smallest absolute Gasteiger partial charge is 0.165 e. The molecule has 0 saturated heterocycles. The van der Waals surface area contributed by atoms with Crippen molar-refractivity contribution in [3.63, 3.8) is 0 Å². The van der Waals surface area contributed by atoms with Crippen molar-refractivity contribution >= 4 is 5.78 Å². The second kappa shape index (κ2) is 4.64. The zero-order valence-electron chi connectivity index (χ0n) is 9.33. The van der Waals surface area contributed by atoms with E-state index in [2.05, 4.69) is 0 Å². The van der Waals surface area contributed by atoms with Gasteiger partial charge in [-0.3, -0.25) is 4.79 Å². The van der Waals surface area contributed by atoms with Crippen molar-refractivity contribution in [3.8, 4) is 5.75 Å². The second-order valence-electron chi connectivity index (χ2n) is 4.36. The molecule has 0 radical (unpaired) electrons. The van der Waals surface area contributed by atoms with Gasteiger partial charge in [0.1, 0.15) is 5.78 Å². The average molecular weight is 222 g/mol. The zero-order valence-corrected chi connectivity index (χ0v) is 9.33. The highest BCUT2D eigenvalue weighted by molar-refractivity contribution is 5.78. The van der Waals surface area contributed by atoms with Crippen molar-refractivity contribution in [1.29, 1.82) is 0 Å². The van der Waals surface area contributed by atoms with Crippen LogP contribution in [0.15, 0.2) is 18.2 Å². The number of Topliss-reactive ketones (excluding diaryl/α,β-unsaturated/α-hetero) is 1. The quantitative estimate of drug-likeness (QED) is 0.765. The Hall–Kier alpha value is -1.38. The lowest BCUT2D eigenvalue weighted by atomic mass is 10.1. The van der Waals surface area contributed by atoms with Gasteiger partial charge in [0.2, 0.25) is 0 Å². The van der Waals surface area contributed by atoms with Crippen molar-refractivity contribution in [1.82, 2.24) is 0 Å². The van der Waals surface area contributed by atoms with Crippen LogP contribution in [0.2, 0.25) is 0 Å². The van der Waals surface area contributed by atoms with E-state index in [0.717, 1.165) is 12.8 Å². The summed E-state index contributed by atoms with van der Waals surface area (Å²) in [6.07, 6.45) is 2.56. The van der Waals surface area contributed by atoms with E-state index in [1.54, 1.807) is 12.1 Å². The summed E-state index contributed by atoms with van der Waals surface area (Å²) >= 11 is 0. The van der Waals surface area contributed by atoms with Crippen LogP contribution in [0.25, 0.3) is 0 Å². The first-order chi connectivity index (χ1) is 7.66. The van der Waals surface area contributed by atoms with Crippen molar-refractivity contribution in [2.24, 2.45) is 5.92 Å². The van der Waals surface area contributed by atoms with Crippen LogP contribution in [0.3, 0.4) is 0 Å². The van der Waals surface area contributed by atoms with Crippen LogP contribution >= 0.6 is 0 Å². The molecule has 0 heterocycles. The fourth-order valence-electron chi connectivity index (χ4n) is 1.61. The van der Waals surface area contributed by atoms with Gasteiger partial charge < -0.3 is 4.74 Å². The maximum absolute atomic E-state index is 13.5. The molecule has 0 aromatic heterocycles. The molecular weight excluding hydrogens is 207 g/mol. The molecule has 1 aliphatic rings. The number of carbonyl (C=O) groups excluding carboxylic acids is 1. The SMILES string of the molecule is CC(=O)Cc1cccc(F)c1OCC1CC1. The minimum Gasteiger partial charge on any atom is -0.490 e. The minimum atomic E-state index is -0.376. The summed E-state index contributed by atoms with van der Waals surface area (Å²) in [5, 5.41) is 0. The number of benzene rings is 1. The van der Waals surface area contributed by atoms with Gasteiger partial charge in [-0.05, 0) is 31.7 Å². The van der Waals surface area contributed by atoms with Gasteiger partial charge in [-0.1, -0.05) is 12.1 Å². The van der Waals surface area contributed by atoms with Crippen LogP contribution in [0.5, 0.6) is 5.75 Å². The highest BCUT2D eigenvalue weighted by Crippen LogP contribution is 2.31. The second-order valence-corrected chi connectivity index (χ2v) is 4.36. The van der Waals surface area contributed by atoms with E-state index in [4.69, 9.17) is 4.74 Å². The molecule has 0 bridgehead atoms. The van der Waals surface area contributed by atoms with Crippen LogP contribution < -0.4 is 4.74 Å². The summed E-state index contributed by atoms with van der Waals surface area (Å²) < 4.78 is 19.0. The molecular formula is C13H15FO2. The minimum absolute atomic E-state index is 0.0156. The van der Waals surface area contributed by atoms with E-state index in [1.807, 2.05) is 0 Å². The van der Waals surface area contributed by atoms with E-state index in [1.165, 1.54) is 13.0 Å². The monoisotopic (exact) mass is 222 g/mol. The molecule has 3 heteroatoms. The normalized spacial score (nSPS) is 14.9. The molecule has 2 rings (SSSR count). The van der Waals surface area contributed by atoms with E-state index in [9.17, 15) is 9.18 Å². The number of para-hydroxylation sites is 1. The Morgan fingerprint density at radius 3 is 2.88 bits per heavy atom. The highest BCUT2D eigenvalue weighted by Gasteiger charge is 2.23. The maximum atomic E-state index is 13.5. The Labute approximate surface area is 94.4 Å². The molecule has 0 unspecified atom stereocenters. The van der Waals surface area contributed by atoms with Gasteiger partial charge in [-0.25, -0.2) is 4.39 Å². The molecule has 0 amide bonds. The summed E-state index contributed by atoms with van der Waals surface area (Å²) in [7, 11) is 0. The van der Waals surface area contributed by atoms with Crippen molar-refractivity contribution in [3.05, 3.63) is 29.6 Å². The first-order valence-electron chi connectivity index (χ1n) is 5.56. The lowest BCUT2D eigenvalue weighted by Crippen LogP contribution is -2.06. The predicted octanol–water partition coefficient (Wildman–Crippen LogP) is 2.75. The Balaban J connectivity index is 2.13. The maximum Gasteiger partial charge on any atom is 0.165 e.